The number of nitrogens with zero attached hydrogens (tertiary/aromatic N) is 1. The highest BCUT2D eigenvalue weighted by atomic mass is 32.2. The Hall–Kier alpha value is -1.78. The van der Waals surface area contributed by atoms with Crippen molar-refractivity contribution in [2.24, 2.45) is 0 Å². The van der Waals surface area contributed by atoms with E-state index >= 15 is 0 Å². The second kappa shape index (κ2) is 8.07. The summed E-state index contributed by atoms with van der Waals surface area (Å²) in [5.74, 6) is -0.711. The van der Waals surface area contributed by atoms with Gasteiger partial charge in [-0.05, 0) is 55.8 Å². The van der Waals surface area contributed by atoms with E-state index in [1.165, 1.54) is 10.5 Å². The van der Waals surface area contributed by atoms with Crippen LogP contribution in [-0.2, 0) is 4.79 Å². The molecule has 3 nitrogen and oxygen atoms in total. The maximum absolute atomic E-state index is 11.8. The topological polar surface area (TPSA) is 40.5 Å². The van der Waals surface area contributed by atoms with E-state index in [0.717, 1.165) is 36.9 Å². The van der Waals surface area contributed by atoms with Crippen LogP contribution >= 0.6 is 11.8 Å². The Morgan fingerprint density at radius 2 is 1.68 bits per heavy atom. The standard InChI is InChI=1S/C21H25NO2S/c1-15-6-8-16(9-7-15)20(17-10-12-18(25-2)13-11-17)22-14-4-3-5-19(22)21(23)24/h6-13,19-20H,3-5,14H2,1-2H3,(H,23,24). The van der Waals surface area contributed by atoms with E-state index in [1.807, 2.05) is 0 Å². The van der Waals surface area contributed by atoms with Gasteiger partial charge < -0.3 is 5.11 Å². The quantitative estimate of drug-likeness (QED) is 0.786. The number of aryl methyl sites for hydroxylation is 1. The van der Waals surface area contributed by atoms with E-state index in [9.17, 15) is 9.90 Å². The first-order valence-electron chi connectivity index (χ1n) is 8.79. The largest absolute Gasteiger partial charge is 0.480 e. The Morgan fingerprint density at radius 3 is 2.24 bits per heavy atom. The van der Waals surface area contributed by atoms with Gasteiger partial charge in [-0.3, -0.25) is 9.69 Å². The van der Waals surface area contributed by atoms with Crippen molar-refractivity contribution in [3.8, 4) is 0 Å². The molecule has 0 saturated carbocycles. The van der Waals surface area contributed by atoms with Gasteiger partial charge in [0.15, 0.2) is 0 Å². The highest BCUT2D eigenvalue weighted by Crippen LogP contribution is 2.35. The summed E-state index contributed by atoms with van der Waals surface area (Å²) in [6.45, 7) is 2.90. The molecular weight excluding hydrogens is 330 g/mol. The van der Waals surface area contributed by atoms with Crippen LogP contribution in [0.25, 0.3) is 0 Å². The summed E-state index contributed by atoms with van der Waals surface area (Å²) in [6, 6.07) is 16.6. The molecule has 0 spiro atoms. The Balaban J connectivity index is 2.03. The number of thioether (sulfide) groups is 1. The van der Waals surface area contributed by atoms with Gasteiger partial charge in [0.1, 0.15) is 6.04 Å². The minimum absolute atomic E-state index is 0.0158. The van der Waals surface area contributed by atoms with Gasteiger partial charge in [-0.15, -0.1) is 11.8 Å². The second-order valence-electron chi connectivity index (χ2n) is 6.67. The van der Waals surface area contributed by atoms with Gasteiger partial charge in [-0.1, -0.05) is 48.4 Å². The Bertz CT molecular complexity index is 712. The lowest BCUT2D eigenvalue weighted by Gasteiger charge is -2.39. The van der Waals surface area contributed by atoms with Crippen LogP contribution < -0.4 is 0 Å². The van der Waals surface area contributed by atoms with E-state index in [-0.39, 0.29) is 6.04 Å². The average Bonchev–Trinajstić information content (AvgIpc) is 2.64. The molecule has 2 aromatic carbocycles. The van der Waals surface area contributed by atoms with E-state index in [0.29, 0.717) is 0 Å². The molecule has 25 heavy (non-hydrogen) atoms. The van der Waals surface area contributed by atoms with Crippen molar-refractivity contribution in [2.45, 2.75) is 43.2 Å². The first-order chi connectivity index (χ1) is 12.1. The lowest BCUT2D eigenvalue weighted by molar-refractivity contribution is -0.145. The molecule has 1 fully saturated rings. The summed E-state index contributed by atoms with van der Waals surface area (Å²) >= 11 is 1.72. The molecule has 132 valence electrons. The number of benzene rings is 2. The van der Waals surface area contributed by atoms with Gasteiger partial charge in [0.2, 0.25) is 0 Å². The fourth-order valence-electron chi connectivity index (χ4n) is 3.64. The normalized spacial score (nSPS) is 19.5. The number of carboxylic acids is 1. The molecular formula is C21H25NO2S. The summed E-state index contributed by atoms with van der Waals surface area (Å²) in [4.78, 5) is 15.2. The van der Waals surface area contributed by atoms with E-state index in [2.05, 4.69) is 66.6 Å². The van der Waals surface area contributed by atoms with Gasteiger partial charge in [0.25, 0.3) is 0 Å². The van der Waals surface area contributed by atoms with Crippen molar-refractivity contribution in [1.29, 1.82) is 0 Å². The van der Waals surface area contributed by atoms with E-state index in [4.69, 9.17) is 0 Å². The van der Waals surface area contributed by atoms with Crippen molar-refractivity contribution in [1.82, 2.24) is 4.90 Å². The molecule has 3 rings (SSSR count). The molecule has 1 N–H and O–H groups in total. The Morgan fingerprint density at radius 1 is 1.08 bits per heavy atom. The first kappa shape index (κ1) is 18.0. The summed E-state index contributed by atoms with van der Waals surface area (Å²) in [5.41, 5.74) is 3.54. The molecule has 4 heteroatoms. The van der Waals surface area contributed by atoms with Crippen molar-refractivity contribution in [3.05, 3.63) is 65.2 Å². The van der Waals surface area contributed by atoms with Gasteiger partial charge in [-0.2, -0.15) is 0 Å². The van der Waals surface area contributed by atoms with Gasteiger partial charge in [0, 0.05) is 4.90 Å². The van der Waals surface area contributed by atoms with Crippen LogP contribution in [-0.4, -0.2) is 34.8 Å². The fraction of sp³-hybridized carbons (Fsp3) is 0.381. The number of carboxylic acid groups (broad SMARTS) is 1. The maximum atomic E-state index is 11.8. The second-order valence-corrected chi connectivity index (χ2v) is 7.55. The molecule has 2 atom stereocenters. The zero-order chi connectivity index (χ0) is 17.8. The Kier molecular flexibility index (Phi) is 5.82. The van der Waals surface area contributed by atoms with Crippen molar-refractivity contribution >= 4 is 17.7 Å². The number of piperidine rings is 1. The van der Waals surface area contributed by atoms with E-state index in [1.54, 1.807) is 11.8 Å². The minimum Gasteiger partial charge on any atom is -0.480 e. The fourth-order valence-corrected chi connectivity index (χ4v) is 4.05. The third-order valence-corrected chi connectivity index (χ3v) is 5.73. The van der Waals surface area contributed by atoms with Crippen LogP contribution in [0.5, 0.6) is 0 Å². The van der Waals surface area contributed by atoms with Crippen LogP contribution in [0.2, 0.25) is 0 Å². The van der Waals surface area contributed by atoms with Crippen LogP contribution in [0, 0.1) is 6.92 Å². The highest BCUT2D eigenvalue weighted by Gasteiger charge is 2.34. The molecule has 0 amide bonds. The molecule has 1 aliphatic heterocycles. The van der Waals surface area contributed by atoms with Crippen LogP contribution in [0.4, 0.5) is 0 Å². The average molecular weight is 356 g/mol. The molecule has 0 radical (unpaired) electrons. The molecule has 0 aliphatic carbocycles. The van der Waals surface area contributed by atoms with Gasteiger partial charge in [-0.25, -0.2) is 0 Å². The van der Waals surface area contributed by atoms with Crippen molar-refractivity contribution < 1.29 is 9.90 Å². The summed E-state index contributed by atoms with van der Waals surface area (Å²) < 4.78 is 0. The molecule has 1 heterocycles. The summed E-state index contributed by atoms with van der Waals surface area (Å²) in [6.07, 6.45) is 4.83. The predicted octanol–water partition coefficient (Wildman–Crippen LogP) is 4.75. The summed E-state index contributed by atoms with van der Waals surface area (Å²) in [5, 5.41) is 9.73. The van der Waals surface area contributed by atoms with Crippen LogP contribution in [0.15, 0.2) is 53.4 Å². The zero-order valence-electron chi connectivity index (χ0n) is 14.8. The Labute approximate surface area is 154 Å². The maximum Gasteiger partial charge on any atom is 0.320 e. The zero-order valence-corrected chi connectivity index (χ0v) is 15.6. The summed E-state index contributed by atoms with van der Waals surface area (Å²) in [7, 11) is 0. The predicted molar refractivity (Wildman–Crippen MR) is 103 cm³/mol. The molecule has 1 aliphatic rings. The third kappa shape index (κ3) is 4.07. The van der Waals surface area contributed by atoms with Crippen molar-refractivity contribution in [3.63, 3.8) is 0 Å². The molecule has 2 aromatic rings. The van der Waals surface area contributed by atoms with Crippen LogP contribution in [0.3, 0.4) is 0 Å². The number of rotatable bonds is 5. The smallest absolute Gasteiger partial charge is 0.320 e. The lowest BCUT2D eigenvalue weighted by atomic mass is 9.91. The van der Waals surface area contributed by atoms with Gasteiger partial charge >= 0.3 is 5.97 Å². The lowest BCUT2D eigenvalue weighted by Crippen LogP contribution is -2.46. The number of aliphatic carboxylic acids is 1. The number of carbonyl (C=O) groups is 1. The molecule has 2 unspecified atom stereocenters. The van der Waals surface area contributed by atoms with Gasteiger partial charge in [0.05, 0.1) is 6.04 Å². The molecule has 0 aromatic heterocycles. The van der Waals surface area contributed by atoms with Crippen LogP contribution in [0.1, 0.15) is 42.0 Å². The van der Waals surface area contributed by atoms with E-state index < -0.39 is 12.0 Å². The number of hydrogen-bond donors (Lipinski definition) is 1. The number of likely N-dealkylation sites (tertiary alicyclic amines) is 1. The van der Waals surface area contributed by atoms with Crippen molar-refractivity contribution in [2.75, 3.05) is 12.8 Å². The highest BCUT2D eigenvalue weighted by molar-refractivity contribution is 7.98. The minimum atomic E-state index is -0.711. The molecule has 1 saturated heterocycles. The SMILES string of the molecule is CSc1ccc(C(c2ccc(C)cc2)N2CCCCC2C(=O)O)cc1. The molecule has 0 bridgehead atoms. The number of hydrogen-bond acceptors (Lipinski definition) is 3. The third-order valence-electron chi connectivity index (χ3n) is 4.99. The first-order valence-corrected chi connectivity index (χ1v) is 10.0. The monoisotopic (exact) mass is 355 g/mol.